The van der Waals surface area contributed by atoms with Gasteiger partial charge in [-0.3, -0.25) is 4.98 Å². The molecule has 2 aromatic carbocycles. The Bertz CT molecular complexity index is 873. The molecular weight excluding hydrogens is 338 g/mol. The molecule has 4 rings (SSSR count). The first-order valence-electron chi connectivity index (χ1n) is 7.54. The van der Waals surface area contributed by atoms with Crippen molar-refractivity contribution in [2.75, 3.05) is 6.61 Å². The molecule has 1 aliphatic rings. The van der Waals surface area contributed by atoms with Gasteiger partial charge >= 0.3 is 0 Å². The third kappa shape index (κ3) is 2.12. The molecule has 3 aromatic rings. The number of hydrogen-bond donors (Lipinski definition) is 0. The second-order valence-electron chi connectivity index (χ2n) is 5.70. The molecule has 0 fully saturated rings. The first-order valence-corrected chi connectivity index (χ1v) is 8.34. The Balaban J connectivity index is 1.98. The van der Waals surface area contributed by atoms with Crippen molar-refractivity contribution in [1.29, 1.82) is 0 Å². The molecule has 0 atom stereocenters. The van der Waals surface area contributed by atoms with Crippen LogP contribution in [0.5, 0.6) is 5.75 Å². The maximum atomic E-state index is 6.00. The monoisotopic (exact) mass is 353 g/mol. The van der Waals surface area contributed by atoms with Crippen LogP contribution in [0, 0.1) is 6.92 Å². The van der Waals surface area contributed by atoms with E-state index in [2.05, 4.69) is 58.2 Å². The average Bonchev–Trinajstić information content (AvgIpc) is 2.57. The van der Waals surface area contributed by atoms with Gasteiger partial charge in [0, 0.05) is 17.1 Å². The van der Waals surface area contributed by atoms with Crippen LogP contribution >= 0.6 is 15.9 Å². The van der Waals surface area contributed by atoms with Crippen LogP contribution in [0.25, 0.3) is 22.0 Å². The van der Waals surface area contributed by atoms with Crippen LogP contribution in [-0.4, -0.2) is 11.6 Å². The number of pyridine rings is 1. The van der Waals surface area contributed by atoms with E-state index in [-0.39, 0.29) is 0 Å². The van der Waals surface area contributed by atoms with Gasteiger partial charge in [0.1, 0.15) is 5.75 Å². The number of benzene rings is 2. The largest absolute Gasteiger partial charge is 0.493 e. The van der Waals surface area contributed by atoms with Crippen molar-refractivity contribution >= 4 is 26.7 Å². The molecular formula is C19H16BrNO. The first kappa shape index (κ1) is 13.8. The lowest BCUT2D eigenvalue weighted by Crippen LogP contribution is -2.11. The number of aromatic nitrogens is 1. The van der Waals surface area contributed by atoms with Gasteiger partial charge in [-0.15, -0.1) is 0 Å². The van der Waals surface area contributed by atoms with Gasteiger partial charge in [-0.25, -0.2) is 0 Å². The number of aryl methyl sites for hydroxylation is 1. The molecule has 22 heavy (non-hydrogen) atoms. The molecule has 0 aliphatic carbocycles. The van der Waals surface area contributed by atoms with Gasteiger partial charge in [-0.2, -0.15) is 0 Å². The van der Waals surface area contributed by atoms with Gasteiger partial charge in [0.15, 0.2) is 0 Å². The zero-order valence-electron chi connectivity index (χ0n) is 12.4. The predicted octanol–water partition coefficient (Wildman–Crippen LogP) is 5.30. The molecule has 0 bridgehead atoms. The third-order valence-corrected chi connectivity index (χ3v) is 5.11. The number of halogens is 1. The summed E-state index contributed by atoms with van der Waals surface area (Å²) < 4.78 is 7.03. The topological polar surface area (TPSA) is 22.1 Å². The molecule has 1 aliphatic heterocycles. The Morgan fingerprint density at radius 2 is 2.00 bits per heavy atom. The zero-order valence-corrected chi connectivity index (χ0v) is 14.0. The summed E-state index contributed by atoms with van der Waals surface area (Å²) >= 11 is 3.75. The highest BCUT2D eigenvalue weighted by Gasteiger charge is 2.20. The Morgan fingerprint density at radius 1 is 1.14 bits per heavy atom. The molecule has 3 heteroatoms. The van der Waals surface area contributed by atoms with E-state index in [0.717, 1.165) is 46.3 Å². The van der Waals surface area contributed by atoms with E-state index in [4.69, 9.17) is 4.74 Å². The number of nitrogens with zero attached hydrogens (tertiary/aromatic N) is 1. The predicted molar refractivity (Wildman–Crippen MR) is 93.4 cm³/mol. The van der Waals surface area contributed by atoms with Crippen LogP contribution < -0.4 is 4.74 Å². The molecule has 110 valence electrons. The lowest BCUT2D eigenvalue weighted by atomic mass is 9.95. The molecule has 0 unspecified atom stereocenters. The van der Waals surface area contributed by atoms with E-state index in [1.165, 1.54) is 16.5 Å². The highest BCUT2D eigenvalue weighted by molar-refractivity contribution is 9.10. The quantitative estimate of drug-likeness (QED) is 0.592. The molecule has 0 amide bonds. The third-order valence-electron chi connectivity index (χ3n) is 4.31. The summed E-state index contributed by atoms with van der Waals surface area (Å²) in [6.45, 7) is 2.94. The van der Waals surface area contributed by atoms with E-state index in [1.54, 1.807) is 0 Å². The van der Waals surface area contributed by atoms with Gasteiger partial charge in [0.25, 0.3) is 0 Å². The summed E-state index contributed by atoms with van der Waals surface area (Å²) in [6.07, 6.45) is 4.11. The van der Waals surface area contributed by atoms with Gasteiger partial charge in [-0.05, 0) is 58.3 Å². The molecule has 0 radical (unpaired) electrons. The molecule has 0 saturated carbocycles. The van der Waals surface area contributed by atoms with Gasteiger partial charge in [0.05, 0.1) is 16.8 Å². The Kier molecular flexibility index (Phi) is 3.38. The minimum absolute atomic E-state index is 0.786. The van der Waals surface area contributed by atoms with Gasteiger partial charge in [-0.1, -0.05) is 30.3 Å². The first-order chi connectivity index (χ1) is 10.8. The van der Waals surface area contributed by atoms with Crippen molar-refractivity contribution < 1.29 is 4.74 Å². The lowest BCUT2D eigenvalue weighted by Gasteiger charge is -2.22. The molecule has 1 aromatic heterocycles. The van der Waals surface area contributed by atoms with Gasteiger partial charge in [0.2, 0.25) is 0 Å². The molecule has 2 heterocycles. The van der Waals surface area contributed by atoms with E-state index < -0.39 is 0 Å². The standard InChI is InChI=1S/C19H16BrNO/c1-12-8-9-16(19-14(12)7-4-10-22-19)18-17(20)15-6-3-2-5-13(15)11-21-18/h2-3,5-6,8-9,11H,4,7,10H2,1H3. The van der Waals surface area contributed by atoms with E-state index in [9.17, 15) is 0 Å². The molecule has 0 N–H and O–H groups in total. The summed E-state index contributed by atoms with van der Waals surface area (Å²) in [7, 11) is 0. The molecule has 2 nitrogen and oxygen atoms in total. The van der Waals surface area contributed by atoms with Gasteiger partial charge < -0.3 is 4.74 Å². The van der Waals surface area contributed by atoms with Crippen LogP contribution in [0.3, 0.4) is 0 Å². The fourth-order valence-electron chi connectivity index (χ4n) is 3.13. The highest BCUT2D eigenvalue weighted by Crippen LogP contribution is 2.41. The smallest absolute Gasteiger partial charge is 0.132 e. The van der Waals surface area contributed by atoms with Crippen molar-refractivity contribution in [2.24, 2.45) is 0 Å². The Morgan fingerprint density at radius 3 is 2.91 bits per heavy atom. The van der Waals surface area contributed by atoms with Crippen LogP contribution in [-0.2, 0) is 6.42 Å². The summed E-state index contributed by atoms with van der Waals surface area (Å²) in [4.78, 5) is 4.69. The van der Waals surface area contributed by atoms with Crippen LogP contribution in [0.4, 0.5) is 0 Å². The summed E-state index contributed by atoms with van der Waals surface area (Å²) in [5.74, 6) is 1.01. The average molecular weight is 354 g/mol. The maximum absolute atomic E-state index is 6.00. The number of rotatable bonds is 1. The van der Waals surface area contributed by atoms with Crippen LogP contribution in [0.2, 0.25) is 0 Å². The zero-order chi connectivity index (χ0) is 15.1. The summed E-state index contributed by atoms with van der Waals surface area (Å²) in [5.41, 5.74) is 4.66. The fraction of sp³-hybridized carbons (Fsp3) is 0.211. The Labute approximate surface area is 138 Å². The normalized spacial score (nSPS) is 13.7. The van der Waals surface area contributed by atoms with Crippen molar-refractivity contribution in [3.8, 4) is 17.0 Å². The summed E-state index contributed by atoms with van der Waals surface area (Å²) in [6, 6.07) is 12.6. The fourth-order valence-corrected chi connectivity index (χ4v) is 3.80. The minimum atomic E-state index is 0.786. The van der Waals surface area contributed by atoms with E-state index in [0.29, 0.717) is 0 Å². The number of ether oxygens (including phenoxy) is 1. The van der Waals surface area contributed by atoms with Crippen molar-refractivity contribution in [2.45, 2.75) is 19.8 Å². The van der Waals surface area contributed by atoms with Crippen molar-refractivity contribution in [3.05, 3.63) is 58.2 Å². The SMILES string of the molecule is Cc1ccc(-c2ncc3ccccc3c2Br)c2c1CCCO2. The minimum Gasteiger partial charge on any atom is -0.493 e. The van der Waals surface area contributed by atoms with Crippen LogP contribution in [0.1, 0.15) is 17.5 Å². The van der Waals surface area contributed by atoms with E-state index >= 15 is 0 Å². The maximum Gasteiger partial charge on any atom is 0.132 e. The molecule has 0 saturated heterocycles. The second-order valence-corrected chi connectivity index (χ2v) is 6.49. The number of fused-ring (bicyclic) bond motifs is 2. The van der Waals surface area contributed by atoms with Crippen molar-refractivity contribution in [3.63, 3.8) is 0 Å². The van der Waals surface area contributed by atoms with E-state index in [1.807, 2.05) is 12.3 Å². The number of hydrogen-bond acceptors (Lipinski definition) is 2. The summed E-state index contributed by atoms with van der Waals surface area (Å²) in [5, 5.41) is 2.32. The second kappa shape index (κ2) is 5.40. The van der Waals surface area contributed by atoms with Crippen molar-refractivity contribution in [1.82, 2.24) is 4.98 Å². The Hall–Kier alpha value is -1.87. The highest BCUT2D eigenvalue weighted by atomic mass is 79.9. The van der Waals surface area contributed by atoms with Crippen LogP contribution in [0.15, 0.2) is 47.1 Å². The lowest BCUT2D eigenvalue weighted by molar-refractivity contribution is 0.289. The molecule has 0 spiro atoms.